The van der Waals surface area contributed by atoms with E-state index in [1.54, 1.807) is 0 Å². The molecular weight excluding hydrogens is 252 g/mol. The van der Waals surface area contributed by atoms with E-state index in [4.69, 9.17) is 4.74 Å². The van der Waals surface area contributed by atoms with Crippen molar-refractivity contribution in [1.29, 1.82) is 0 Å². The maximum absolute atomic E-state index is 13.6. The van der Waals surface area contributed by atoms with Gasteiger partial charge in [-0.05, 0) is 31.5 Å². The van der Waals surface area contributed by atoms with Gasteiger partial charge in [0.1, 0.15) is 17.7 Å². The Bertz CT molecular complexity index is 506. The Balaban J connectivity index is 1.76. The number of rotatable bonds is 2. The molecule has 2 aliphatic heterocycles. The van der Waals surface area contributed by atoms with Crippen molar-refractivity contribution < 1.29 is 18.3 Å². The SMILES string of the molecule is O=C(c1ccc(F)cc1F)C1CN2CCCC2CO1. The van der Waals surface area contributed by atoms with E-state index in [1.807, 2.05) is 0 Å². The van der Waals surface area contributed by atoms with E-state index in [9.17, 15) is 13.6 Å². The molecule has 0 saturated carbocycles. The summed E-state index contributed by atoms with van der Waals surface area (Å²) >= 11 is 0. The molecule has 2 unspecified atom stereocenters. The summed E-state index contributed by atoms with van der Waals surface area (Å²) in [7, 11) is 0. The predicted octanol–water partition coefficient (Wildman–Crippen LogP) is 2.01. The van der Waals surface area contributed by atoms with Crippen LogP contribution in [0, 0.1) is 11.6 Å². The Morgan fingerprint density at radius 3 is 3.00 bits per heavy atom. The van der Waals surface area contributed by atoms with Crippen molar-refractivity contribution in [3.05, 3.63) is 35.4 Å². The smallest absolute Gasteiger partial charge is 0.195 e. The van der Waals surface area contributed by atoms with E-state index in [1.165, 1.54) is 6.07 Å². The number of ketones is 1. The van der Waals surface area contributed by atoms with E-state index in [0.29, 0.717) is 19.2 Å². The molecule has 1 aromatic rings. The van der Waals surface area contributed by atoms with Gasteiger partial charge in [0.2, 0.25) is 0 Å². The van der Waals surface area contributed by atoms with Gasteiger partial charge < -0.3 is 4.74 Å². The first-order chi connectivity index (χ1) is 9.15. The largest absolute Gasteiger partial charge is 0.367 e. The average Bonchev–Trinajstić information content (AvgIpc) is 2.85. The molecule has 2 fully saturated rings. The summed E-state index contributed by atoms with van der Waals surface area (Å²) in [4.78, 5) is 14.4. The summed E-state index contributed by atoms with van der Waals surface area (Å²) in [5.74, 6) is -1.90. The summed E-state index contributed by atoms with van der Waals surface area (Å²) in [6.45, 7) is 1.98. The number of fused-ring (bicyclic) bond motifs is 1. The van der Waals surface area contributed by atoms with Crippen LogP contribution in [0.15, 0.2) is 18.2 Å². The zero-order chi connectivity index (χ0) is 13.4. The number of Topliss-reactive ketones (excluding diaryl/α,β-unsaturated/α-hetero) is 1. The van der Waals surface area contributed by atoms with Crippen LogP contribution in [0.5, 0.6) is 0 Å². The zero-order valence-electron chi connectivity index (χ0n) is 10.4. The van der Waals surface area contributed by atoms with E-state index in [0.717, 1.165) is 31.5 Å². The Morgan fingerprint density at radius 1 is 1.37 bits per heavy atom. The van der Waals surface area contributed by atoms with Crippen molar-refractivity contribution in [2.45, 2.75) is 25.0 Å². The van der Waals surface area contributed by atoms with Crippen molar-refractivity contribution >= 4 is 5.78 Å². The number of carbonyl (C=O) groups is 1. The monoisotopic (exact) mass is 267 g/mol. The second kappa shape index (κ2) is 4.98. The Hall–Kier alpha value is -1.33. The number of ether oxygens (including phenoxy) is 1. The normalized spacial score (nSPS) is 27.3. The van der Waals surface area contributed by atoms with Gasteiger partial charge in [-0.1, -0.05) is 0 Å². The average molecular weight is 267 g/mol. The van der Waals surface area contributed by atoms with E-state index >= 15 is 0 Å². The van der Waals surface area contributed by atoms with Gasteiger partial charge in [0.25, 0.3) is 0 Å². The highest BCUT2D eigenvalue weighted by Crippen LogP contribution is 2.24. The van der Waals surface area contributed by atoms with Crippen LogP contribution < -0.4 is 0 Å². The molecule has 0 aromatic heterocycles. The van der Waals surface area contributed by atoms with Crippen LogP contribution in [0.4, 0.5) is 8.78 Å². The maximum Gasteiger partial charge on any atom is 0.195 e. The molecule has 3 rings (SSSR count). The molecule has 2 atom stereocenters. The number of hydrogen-bond donors (Lipinski definition) is 0. The number of carbonyl (C=O) groups excluding carboxylic acids is 1. The van der Waals surface area contributed by atoms with Crippen molar-refractivity contribution in [2.75, 3.05) is 19.7 Å². The zero-order valence-corrected chi connectivity index (χ0v) is 10.4. The third-order valence-corrected chi connectivity index (χ3v) is 3.88. The van der Waals surface area contributed by atoms with Crippen molar-refractivity contribution in [2.24, 2.45) is 0 Å². The topological polar surface area (TPSA) is 29.5 Å². The van der Waals surface area contributed by atoms with Gasteiger partial charge in [-0.25, -0.2) is 8.78 Å². The predicted molar refractivity (Wildman–Crippen MR) is 65.0 cm³/mol. The lowest BCUT2D eigenvalue weighted by atomic mass is 10.0. The number of hydrogen-bond acceptors (Lipinski definition) is 3. The van der Waals surface area contributed by atoms with Gasteiger partial charge in [0, 0.05) is 18.7 Å². The number of nitrogens with zero attached hydrogens (tertiary/aromatic N) is 1. The minimum absolute atomic E-state index is 0.0935. The van der Waals surface area contributed by atoms with Crippen LogP contribution in [0.2, 0.25) is 0 Å². The molecule has 2 saturated heterocycles. The maximum atomic E-state index is 13.6. The highest BCUT2D eigenvalue weighted by molar-refractivity contribution is 6.00. The Labute approximate surface area is 110 Å². The van der Waals surface area contributed by atoms with Crippen LogP contribution in [0.1, 0.15) is 23.2 Å². The van der Waals surface area contributed by atoms with Crippen molar-refractivity contribution in [3.63, 3.8) is 0 Å². The first-order valence-electron chi connectivity index (χ1n) is 6.50. The van der Waals surface area contributed by atoms with Crippen LogP contribution in [-0.4, -0.2) is 42.5 Å². The van der Waals surface area contributed by atoms with E-state index < -0.39 is 23.5 Å². The molecule has 102 valence electrons. The standard InChI is InChI=1S/C14H15F2NO2/c15-9-3-4-11(12(16)6-9)14(18)13-7-17-5-1-2-10(17)8-19-13/h3-4,6,10,13H,1-2,5,7-8H2. The van der Waals surface area contributed by atoms with Gasteiger partial charge in [0.15, 0.2) is 5.78 Å². The fourth-order valence-corrected chi connectivity index (χ4v) is 2.84. The first kappa shape index (κ1) is 12.7. The molecule has 1 aromatic carbocycles. The number of benzene rings is 1. The number of morpholine rings is 1. The molecule has 2 heterocycles. The summed E-state index contributed by atoms with van der Waals surface area (Å²) in [6, 6.07) is 3.40. The quantitative estimate of drug-likeness (QED) is 0.768. The molecule has 5 heteroatoms. The molecule has 2 aliphatic rings. The molecule has 3 nitrogen and oxygen atoms in total. The molecular formula is C14H15F2NO2. The second-order valence-electron chi connectivity index (χ2n) is 5.10. The van der Waals surface area contributed by atoms with Crippen LogP contribution in [0.25, 0.3) is 0 Å². The second-order valence-corrected chi connectivity index (χ2v) is 5.10. The van der Waals surface area contributed by atoms with Gasteiger partial charge in [-0.15, -0.1) is 0 Å². The molecule has 0 amide bonds. The number of halogens is 2. The summed E-state index contributed by atoms with van der Waals surface area (Å²) in [5, 5.41) is 0. The minimum atomic E-state index is -0.822. The fraction of sp³-hybridized carbons (Fsp3) is 0.500. The summed E-state index contributed by atoms with van der Waals surface area (Å²) in [6.07, 6.45) is 1.56. The van der Waals surface area contributed by atoms with Gasteiger partial charge >= 0.3 is 0 Å². The highest BCUT2D eigenvalue weighted by Gasteiger charge is 2.36. The molecule has 0 spiro atoms. The lowest BCUT2D eigenvalue weighted by Gasteiger charge is -2.34. The van der Waals surface area contributed by atoms with Gasteiger partial charge in [-0.3, -0.25) is 9.69 Å². The van der Waals surface area contributed by atoms with Crippen molar-refractivity contribution in [1.82, 2.24) is 4.90 Å². The lowest BCUT2D eigenvalue weighted by molar-refractivity contribution is -0.0346. The van der Waals surface area contributed by atoms with Crippen molar-refractivity contribution in [3.8, 4) is 0 Å². The third-order valence-electron chi connectivity index (χ3n) is 3.88. The first-order valence-corrected chi connectivity index (χ1v) is 6.50. The van der Waals surface area contributed by atoms with Crippen LogP contribution in [0.3, 0.4) is 0 Å². The Morgan fingerprint density at radius 2 is 2.21 bits per heavy atom. The third kappa shape index (κ3) is 2.40. The lowest BCUT2D eigenvalue weighted by Crippen LogP contribution is -2.49. The van der Waals surface area contributed by atoms with Crippen LogP contribution >= 0.6 is 0 Å². The Kier molecular flexibility index (Phi) is 3.33. The molecule has 0 N–H and O–H groups in total. The van der Waals surface area contributed by atoms with Crippen LogP contribution in [-0.2, 0) is 4.74 Å². The van der Waals surface area contributed by atoms with Gasteiger partial charge in [0.05, 0.1) is 12.2 Å². The molecule has 19 heavy (non-hydrogen) atoms. The molecule has 0 aliphatic carbocycles. The molecule has 0 radical (unpaired) electrons. The summed E-state index contributed by atoms with van der Waals surface area (Å²) in [5.41, 5.74) is -0.0935. The summed E-state index contributed by atoms with van der Waals surface area (Å²) < 4.78 is 32.0. The van der Waals surface area contributed by atoms with E-state index in [2.05, 4.69) is 4.90 Å². The minimum Gasteiger partial charge on any atom is -0.367 e. The molecule has 0 bridgehead atoms. The highest BCUT2D eigenvalue weighted by atomic mass is 19.1. The fourth-order valence-electron chi connectivity index (χ4n) is 2.84. The van der Waals surface area contributed by atoms with Gasteiger partial charge in [-0.2, -0.15) is 0 Å². The van der Waals surface area contributed by atoms with E-state index in [-0.39, 0.29) is 5.56 Å².